The second-order valence-electron chi connectivity index (χ2n) is 3.93. The third-order valence-electron chi connectivity index (χ3n) is 3.32. The molecular weight excluding hydrogens is 162 g/mol. The van der Waals surface area contributed by atoms with E-state index in [1.807, 2.05) is 12.1 Å². The van der Waals surface area contributed by atoms with Gasteiger partial charge in [-0.25, -0.2) is 0 Å². The van der Waals surface area contributed by atoms with Gasteiger partial charge in [-0.2, -0.15) is 0 Å². The molecule has 1 saturated heterocycles. The van der Waals surface area contributed by atoms with Crippen LogP contribution in [0.15, 0.2) is 24.3 Å². The van der Waals surface area contributed by atoms with E-state index in [4.69, 9.17) is 0 Å². The quantitative estimate of drug-likeness (QED) is 0.593. The van der Waals surface area contributed by atoms with Crippen molar-refractivity contribution in [3.63, 3.8) is 0 Å². The molecule has 1 N–H and O–H groups in total. The van der Waals surface area contributed by atoms with Crippen LogP contribution in [0.2, 0.25) is 0 Å². The number of rotatable bonds is 0. The zero-order valence-corrected chi connectivity index (χ0v) is 7.45. The third-order valence-corrected chi connectivity index (χ3v) is 3.32. The Bertz CT molecular complexity index is 360. The van der Waals surface area contributed by atoms with Crippen LogP contribution in [0.25, 0.3) is 0 Å². The van der Waals surface area contributed by atoms with E-state index < -0.39 is 0 Å². The molecule has 1 aliphatic carbocycles. The molecule has 2 heteroatoms. The molecule has 13 heavy (non-hydrogen) atoms. The summed E-state index contributed by atoms with van der Waals surface area (Å²) in [7, 11) is 0. The molecule has 2 aliphatic rings. The fourth-order valence-corrected chi connectivity index (χ4v) is 2.58. The average molecular weight is 173 g/mol. The lowest BCUT2D eigenvalue weighted by molar-refractivity contribution is -0.135. The van der Waals surface area contributed by atoms with Crippen molar-refractivity contribution in [2.45, 2.75) is 18.9 Å². The molecule has 2 nitrogen and oxygen atoms in total. The van der Waals surface area contributed by atoms with Gasteiger partial charge >= 0.3 is 0 Å². The molecule has 0 spiro atoms. The molecule has 3 rings (SSSR count). The lowest BCUT2D eigenvalue weighted by Crippen LogP contribution is -2.50. The van der Waals surface area contributed by atoms with Crippen molar-refractivity contribution in [1.82, 2.24) is 5.32 Å². The van der Waals surface area contributed by atoms with E-state index in [9.17, 15) is 4.79 Å². The lowest BCUT2D eigenvalue weighted by Gasteiger charge is -2.33. The van der Waals surface area contributed by atoms with Gasteiger partial charge in [0, 0.05) is 0 Å². The minimum atomic E-state index is 0.206. The Labute approximate surface area is 77.0 Å². The summed E-state index contributed by atoms with van der Waals surface area (Å²) >= 11 is 0. The van der Waals surface area contributed by atoms with E-state index in [-0.39, 0.29) is 11.8 Å². The van der Waals surface area contributed by atoms with Crippen LogP contribution in [0, 0.1) is 5.92 Å². The van der Waals surface area contributed by atoms with Crippen molar-refractivity contribution in [2.24, 2.45) is 5.92 Å². The number of hydrogen-bond donors (Lipinski definition) is 1. The summed E-state index contributed by atoms with van der Waals surface area (Å²) in [6.07, 6.45) is 0. The monoisotopic (exact) mass is 173 g/mol. The standard InChI is InChI=1S/C11H11NO/c1-6-7-4-2-3-5-8(7)10-9(6)11(13)12-10/h2-6,9-10H,1H3,(H,12,13). The molecule has 1 aliphatic heterocycles. The summed E-state index contributed by atoms with van der Waals surface area (Å²) in [5, 5.41) is 2.95. The van der Waals surface area contributed by atoms with E-state index in [1.165, 1.54) is 11.1 Å². The first-order chi connectivity index (χ1) is 6.29. The molecule has 0 bridgehead atoms. The van der Waals surface area contributed by atoms with Gasteiger partial charge in [-0.1, -0.05) is 31.2 Å². The fraction of sp³-hybridized carbons (Fsp3) is 0.364. The Morgan fingerprint density at radius 2 is 1.92 bits per heavy atom. The van der Waals surface area contributed by atoms with Gasteiger partial charge in [-0.05, 0) is 17.0 Å². The summed E-state index contributed by atoms with van der Waals surface area (Å²) < 4.78 is 0. The van der Waals surface area contributed by atoms with E-state index in [2.05, 4.69) is 24.4 Å². The smallest absolute Gasteiger partial charge is 0.226 e. The number of hydrogen-bond acceptors (Lipinski definition) is 1. The average Bonchev–Trinajstić information content (AvgIpc) is 2.35. The zero-order chi connectivity index (χ0) is 9.00. The van der Waals surface area contributed by atoms with Gasteiger partial charge in [-0.3, -0.25) is 4.79 Å². The van der Waals surface area contributed by atoms with Crippen LogP contribution in [-0.4, -0.2) is 5.91 Å². The molecule has 1 heterocycles. The first kappa shape index (κ1) is 7.13. The number of β-lactam (4-membered cyclic amide) rings is 1. The van der Waals surface area contributed by atoms with Crippen molar-refractivity contribution >= 4 is 5.91 Å². The zero-order valence-electron chi connectivity index (χ0n) is 7.45. The molecule has 3 atom stereocenters. The fourth-order valence-electron chi connectivity index (χ4n) is 2.58. The van der Waals surface area contributed by atoms with Crippen molar-refractivity contribution < 1.29 is 4.79 Å². The van der Waals surface area contributed by atoms with Gasteiger partial charge in [0.15, 0.2) is 0 Å². The molecule has 0 radical (unpaired) electrons. The summed E-state index contributed by atoms with van der Waals surface area (Å²) in [6, 6.07) is 8.64. The number of carbonyl (C=O) groups excluding carboxylic acids is 1. The predicted molar refractivity (Wildman–Crippen MR) is 49.2 cm³/mol. The number of nitrogens with one attached hydrogen (secondary N) is 1. The second-order valence-corrected chi connectivity index (χ2v) is 3.93. The maximum absolute atomic E-state index is 11.3. The second kappa shape index (κ2) is 2.13. The van der Waals surface area contributed by atoms with E-state index in [0.29, 0.717) is 12.0 Å². The van der Waals surface area contributed by atoms with Crippen LogP contribution in [0.1, 0.15) is 30.0 Å². The van der Waals surface area contributed by atoms with Gasteiger partial charge in [0.05, 0.1) is 12.0 Å². The molecule has 1 aromatic carbocycles. The predicted octanol–water partition coefficient (Wildman–Crippen LogP) is 1.59. The van der Waals surface area contributed by atoms with Gasteiger partial charge in [-0.15, -0.1) is 0 Å². The highest BCUT2D eigenvalue weighted by atomic mass is 16.2. The highest BCUT2D eigenvalue weighted by Crippen LogP contribution is 2.49. The number of fused-ring (bicyclic) bond motifs is 3. The molecule has 0 aromatic heterocycles. The van der Waals surface area contributed by atoms with Crippen LogP contribution in [0.4, 0.5) is 0 Å². The molecule has 1 amide bonds. The number of carbonyl (C=O) groups is 1. The summed E-state index contributed by atoms with van der Waals surface area (Å²) in [5.74, 6) is 0.820. The van der Waals surface area contributed by atoms with Gasteiger partial charge < -0.3 is 5.32 Å². The lowest BCUT2D eigenvalue weighted by atomic mass is 9.86. The maximum atomic E-state index is 11.3. The van der Waals surface area contributed by atoms with Gasteiger partial charge in [0.25, 0.3) is 0 Å². The Balaban J connectivity index is 2.15. The number of benzene rings is 1. The minimum Gasteiger partial charge on any atom is -0.348 e. The molecule has 3 unspecified atom stereocenters. The van der Waals surface area contributed by atoms with Crippen LogP contribution in [0.5, 0.6) is 0 Å². The molecule has 1 aromatic rings. The topological polar surface area (TPSA) is 29.1 Å². The Hall–Kier alpha value is -1.31. The van der Waals surface area contributed by atoms with Crippen LogP contribution >= 0.6 is 0 Å². The first-order valence-corrected chi connectivity index (χ1v) is 4.68. The highest BCUT2D eigenvalue weighted by molar-refractivity contribution is 5.89. The highest BCUT2D eigenvalue weighted by Gasteiger charge is 2.50. The van der Waals surface area contributed by atoms with Crippen LogP contribution in [0.3, 0.4) is 0 Å². The van der Waals surface area contributed by atoms with E-state index in [1.54, 1.807) is 0 Å². The van der Waals surface area contributed by atoms with Crippen LogP contribution in [-0.2, 0) is 4.79 Å². The van der Waals surface area contributed by atoms with E-state index >= 15 is 0 Å². The number of amides is 1. The molecule has 1 fully saturated rings. The SMILES string of the molecule is CC1c2ccccc2C2NC(=O)C12. The third kappa shape index (κ3) is 0.711. The van der Waals surface area contributed by atoms with Crippen molar-refractivity contribution in [3.8, 4) is 0 Å². The maximum Gasteiger partial charge on any atom is 0.226 e. The molecule has 0 saturated carbocycles. The Morgan fingerprint density at radius 1 is 1.23 bits per heavy atom. The van der Waals surface area contributed by atoms with E-state index in [0.717, 1.165) is 0 Å². The molecule has 66 valence electrons. The summed E-state index contributed by atoms with van der Waals surface area (Å²) in [5.41, 5.74) is 2.66. The Morgan fingerprint density at radius 3 is 2.62 bits per heavy atom. The van der Waals surface area contributed by atoms with Gasteiger partial charge in [0.2, 0.25) is 5.91 Å². The van der Waals surface area contributed by atoms with Crippen molar-refractivity contribution in [3.05, 3.63) is 35.4 Å². The van der Waals surface area contributed by atoms with Gasteiger partial charge in [0.1, 0.15) is 0 Å². The normalized spacial score (nSPS) is 34.5. The first-order valence-electron chi connectivity index (χ1n) is 4.68. The summed E-state index contributed by atoms with van der Waals surface area (Å²) in [4.78, 5) is 11.3. The Kier molecular flexibility index (Phi) is 1.17. The summed E-state index contributed by atoms with van der Waals surface area (Å²) in [6.45, 7) is 2.14. The van der Waals surface area contributed by atoms with Crippen molar-refractivity contribution in [1.29, 1.82) is 0 Å². The van der Waals surface area contributed by atoms with Crippen LogP contribution < -0.4 is 5.32 Å². The van der Waals surface area contributed by atoms with Crippen molar-refractivity contribution in [2.75, 3.05) is 0 Å². The largest absolute Gasteiger partial charge is 0.348 e. The molecular formula is C11H11NO. The minimum absolute atomic E-state index is 0.206.